The van der Waals surface area contributed by atoms with Crippen LogP contribution in [0.2, 0.25) is 5.02 Å². The number of benzene rings is 1. The zero-order valence-electron chi connectivity index (χ0n) is 9.87. The summed E-state index contributed by atoms with van der Waals surface area (Å²) in [6, 6.07) is 6.85. The van der Waals surface area contributed by atoms with Crippen molar-refractivity contribution >= 4 is 17.4 Å². The van der Waals surface area contributed by atoms with E-state index in [1.54, 1.807) is 18.2 Å². The summed E-state index contributed by atoms with van der Waals surface area (Å²) in [5.74, 6) is -0.406. The molecule has 17 heavy (non-hydrogen) atoms. The van der Waals surface area contributed by atoms with E-state index in [0.29, 0.717) is 22.8 Å². The van der Waals surface area contributed by atoms with Crippen molar-refractivity contribution in [2.45, 2.75) is 19.8 Å². The van der Waals surface area contributed by atoms with Crippen LogP contribution < -0.4 is 4.74 Å². The first-order valence-electron chi connectivity index (χ1n) is 5.41. The summed E-state index contributed by atoms with van der Waals surface area (Å²) in [5.41, 5.74) is 0.375. The third kappa shape index (κ3) is 3.21. The fourth-order valence-electron chi connectivity index (χ4n) is 1.60. The first kappa shape index (κ1) is 13.5. The number of hydrogen-bond donors (Lipinski definition) is 0. The smallest absolute Gasteiger partial charge is 0.183 e. The number of nitrogens with zero attached hydrogens (tertiary/aromatic N) is 1. The Morgan fingerprint density at radius 3 is 2.82 bits per heavy atom. The minimum Gasteiger partial charge on any atom is -0.496 e. The average Bonchev–Trinajstić information content (AvgIpc) is 2.35. The highest BCUT2D eigenvalue weighted by Crippen LogP contribution is 2.26. The largest absolute Gasteiger partial charge is 0.496 e. The van der Waals surface area contributed by atoms with E-state index >= 15 is 0 Å². The normalized spacial score (nSPS) is 11.6. The molecule has 3 nitrogen and oxygen atoms in total. The number of hydrogen-bond acceptors (Lipinski definition) is 3. The Hall–Kier alpha value is -1.53. The second kappa shape index (κ2) is 6.27. The molecule has 4 heteroatoms. The Morgan fingerprint density at radius 1 is 1.59 bits per heavy atom. The zero-order chi connectivity index (χ0) is 12.8. The average molecular weight is 252 g/mol. The van der Waals surface area contributed by atoms with Crippen LogP contribution in [0.5, 0.6) is 5.75 Å². The van der Waals surface area contributed by atoms with Gasteiger partial charge < -0.3 is 4.74 Å². The van der Waals surface area contributed by atoms with E-state index in [1.807, 2.05) is 13.0 Å². The number of carbonyl (C=O) groups excluding carboxylic acids is 1. The fraction of sp³-hybridized carbons (Fsp3) is 0.385. The Kier molecular flexibility index (Phi) is 4.99. The molecule has 0 bridgehead atoms. The number of carbonyl (C=O) groups is 1. The lowest BCUT2D eigenvalue weighted by Gasteiger charge is -2.11. The molecule has 1 atom stereocenters. The van der Waals surface area contributed by atoms with Crippen molar-refractivity contribution < 1.29 is 9.53 Å². The van der Waals surface area contributed by atoms with Gasteiger partial charge in [-0.3, -0.25) is 4.79 Å². The van der Waals surface area contributed by atoms with Crippen LogP contribution in [0.4, 0.5) is 0 Å². The van der Waals surface area contributed by atoms with Gasteiger partial charge in [-0.2, -0.15) is 5.26 Å². The summed E-state index contributed by atoms with van der Waals surface area (Å²) in [5, 5.41) is 9.44. The Bertz CT molecular complexity index is 451. The van der Waals surface area contributed by atoms with Crippen molar-refractivity contribution in [3.63, 3.8) is 0 Å². The van der Waals surface area contributed by atoms with Gasteiger partial charge in [0.15, 0.2) is 5.78 Å². The molecular formula is C13H14ClNO2. The van der Waals surface area contributed by atoms with Crippen LogP contribution >= 0.6 is 11.6 Å². The summed E-state index contributed by atoms with van der Waals surface area (Å²) in [7, 11) is 1.49. The monoisotopic (exact) mass is 251 g/mol. The molecule has 0 heterocycles. The highest BCUT2D eigenvalue weighted by atomic mass is 35.5. The molecule has 0 saturated heterocycles. The van der Waals surface area contributed by atoms with Gasteiger partial charge in [-0.1, -0.05) is 24.9 Å². The van der Waals surface area contributed by atoms with Gasteiger partial charge >= 0.3 is 0 Å². The van der Waals surface area contributed by atoms with Gasteiger partial charge in [-0.05, 0) is 24.6 Å². The summed E-state index contributed by atoms with van der Waals surface area (Å²) >= 11 is 5.85. The van der Waals surface area contributed by atoms with E-state index in [1.165, 1.54) is 7.11 Å². The highest BCUT2D eigenvalue weighted by Gasteiger charge is 2.22. The van der Waals surface area contributed by atoms with Gasteiger partial charge in [-0.25, -0.2) is 0 Å². The van der Waals surface area contributed by atoms with Crippen LogP contribution in [0.15, 0.2) is 18.2 Å². The Labute approximate surface area is 106 Å². The van der Waals surface area contributed by atoms with Gasteiger partial charge in [0.2, 0.25) is 0 Å². The maximum Gasteiger partial charge on any atom is 0.183 e. The van der Waals surface area contributed by atoms with E-state index in [4.69, 9.17) is 21.6 Å². The van der Waals surface area contributed by atoms with Gasteiger partial charge in [-0.15, -0.1) is 0 Å². The maximum absolute atomic E-state index is 12.1. The van der Waals surface area contributed by atoms with Gasteiger partial charge in [0.1, 0.15) is 11.7 Å². The molecule has 0 aliphatic heterocycles. The molecular weight excluding hydrogens is 238 g/mol. The van der Waals surface area contributed by atoms with Crippen molar-refractivity contribution in [3.8, 4) is 11.8 Å². The van der Waals surface area contributed by atoms with Crippen LogP contribution in [0, 0.1) is 17.2 Å². The molecule has 0 N–H and O–H groups in total. The summed E-state index contributed by atoms with van der Waals surface area (Å²) in [6.45, 7) is 1.94. The Balaban J connectivity index is 3.10. The summed E-state index contributed by atoms with van der Waals surface area (Å²) in [4.78, 5) is 12.1. The topological polar surface area (TPSA) is 50.1 Å². The first-order valence-corrected chi connectivity index (χ1v) is 5.79. The van der Waals surface area contributed by atoms with Crippen LogP contribution in [0.1, 0.15) is 30.1 Å². The van der Waals surface area contributed by atoms with Crippen molar-refractivity contribution in [2.75, 3.05) is 7.11 Å². The maximum atomic E-state index is 12.1. The molecule has 0 aromatic heterocycles. The standard InChI is InChI=1S/C13H14ClNO2/c1-3-4-9(8-15)13(16)11-7-10(14)5-6-12(11)17-2/h5-7,9H,3-4H2,1-2H3. The number of ether oxygens (including phenoxy) is 1. The van der Waals surface area contributed by atoms with E-state index in [2.05, 4.69) is 0 Å². The lowest BCUT2D eigenvalue weighted by atomic mass is 9.94. The second-order valence-electron chi connectivity index (χ2n) is 3.68. The third-order valence-corrected chi connectivity index (χ3v) is 2.71. The second-order valence-corrected chi connectivity index (χ2v) is 4.12. The van der Waals surface area contributed by atoms with Crippen LogP contribution in [-0.2, 0) is 0 Å². The molecule has 1 unspecified atom stereocenters. The lowest BCUT2D eigenvalue weighted by molar-refractivity contribution is 0.0940. The van der Waals surface area contributed by atoms with Gasteiger partial charge in [0, 0.05) is 5.02 Å². The molecule has 0 aliphatic rings. The quantitative estimate of drug-likeness (QED) is 0.753. The van der Waals surface area contributed by atoms with E-state index in [9.17, 15) is 4.79 Å². The molecule has 90 valence electrons. The van der Waals surface area contributed by atoms with Crippen LogP contribution in [0.25, 0.3) is 0 Å². The predicted octanol–water partition coefficient (Wildman–Crippen LogP) is 3.47. The van der Waals surface area contributed by atoms with Crippen LogP contribution in [0.3, 0.4) is 0 Å². The number of methoxy groups -OCH3 is 1. The number of ketones is 1. The number of nitriles is 1. The van der Waals surface area contributed by atoms with Crippen molar-refractivity contribution in [1.82, 2.24) is 0 Å². The number of halogens is 1. The van der Waals surface area contributed by atoms with Crippen LogP contribution in [-0.4, -0.2) is 12.9 Å². The number of Topliss-reactive ketones (excluding diaryl/α,β-unsaturated/α-hetero) is 1. The minimum absolute atomic E-state index is 0.228. The molecule has 0 aliphatic carbocycles. The van der Waals surface area contributed by atoms with Gasteiger partial charge in [0.25, 0.3) is 0 Å². The molecule has 0 amide bonds. The predicted molar refractivity (Wildman–Crippen MR) is 66.3 cm³/mol. The SMILES string of the molecule is CCCC(C#N)C(=O)c1cc(Cl)ccc1OC. The summed E-state index contributed by atoms with van der Waals surface area (Å²) in [6.07, 6.45) is 1.33. The number of rotatable bonds is 5. The molecule has 1 aromatic rings. The fourth-order valence-corrected chi connectivity index (χ4v) is 1.78. The highest BCUT2D eigenvalue weighted by molar-refractivity contribution is 6.31. The first-order chi connectivity index (χ1) is 8.13. The van der Waals surface area contributed by atoms with Gasteiger partial charge in [0.05, 0.1) is 18.7 Å². The lowest BCUT2D eigenvalue weighted by Crippen LogP contribution is -2.14. The molecule has 0 saturated carbocycles. The minimum atomic E-state index is -0.632. The molecule has 0 fully saturated rings. The molecule has 0 spiro atoms. The third-order valence-electron chi connectivity index (χ3n) is 2.48. The molecule has 0 radical (unpaired) electrons. The van der Waals surface area contributed by atoms with Crippen molar-refractivity contribution in [3.05, 3.63) is 28.8 Å². The van der Waals surface area contributed by atoms with E-state index < -0.39 is 5.92 Å². The molecule has 1 rings (SSSR count). The molecule has 1 aromatic carbocycles. The summed E-state index contributed by atoms with van der Waals surface area (Å²) < 4.78 is 5.11. The van der Waals surface area contributed by atoms with Crippen molar-refractivity contribution in [2.24, 2.45) is 5.92 Å². The van der Waals surface area contributed by atoms with E-state index in [-0.39, 0.29) is 5.78 Å². The van der Waals surface area contributed by atoms with Crippen molar-refractivity contribution in [1.29, 1.82) is 5.26 Å². The zero-order valence-corrected chi connectivity index (χ0v) is 10.6. The van der Waals surface area contributed by atoms with E-state index in [0.717, 1.165) is 6.42 Å². The Morgan fingerprint density at radius 2 is 2.29 bits per heavy atom.